The zero-order valence-electron chi connectivity index (χ0n) is 26.6. The predicted octanol–water partition coefficient (Wildman–Crippen LogP) is 11.1. The van der Waals surface area contributed by atoms with Crippen LogP contribution in [0.15, 0.2) is 164 Å². The molecule has 47 heavy (non-hydrogen) atoms. The average Bonchev–Trinajstić information content (AvgIpc) is 3.58. The molecule has 5 aromatic carbocycles. The first kappa shape index (κ1) is 27.6. The Morgan fingerprint density at radius 1 is 0.660 bits per heavy atom. The zero-order valence-corrected chi connectivity index (χ0v) is 26.6. The van der Waals surface area contributed by atoms with Crippen molar-refractivity contribution in [3.05, 3.63) is 186 Å². The molecule has 2 aliphatic carbocycles. The maximum absolute atomic E-state index is 4.80. The van der Waals surface area contributed by atoms with Crippen molar-refractivity contribution in [2.24, 2.45) is 0 Å². The van der Waals surface area contributed by atoms with Gasteiger partial charge in [0.05, 0.1) is 6.04 Å². The van der Waals surface area contributed by atoms with Gasteiger partial charge in [-0.15, -0.1) is 0 Å². The van der Waals surface area contributed by atoms with E-state index in [1.54, 1.807) is 0 Å². The molecule has 0 spiro atoms. The summed E-state index contributed by atoms with van der Waals surface area (Å²) in [7, 11) is 0. The highest BCUT2D eigenvalue weighted by molar-refractivity contribution is 5.86. The summed E-state index contributed by atoms with van der Waals surface area (Å²) in [4.78, 5) is 9.56. The Labute approximate surface area is 276 Å². The molecule has 3 nitrogen and oxygen atoms in total. The minimum atomic E-state index is -0.0752. The molecule has 1 aliphatic heterocycles. The quantitative estimate of drug-likeness (QED) is 0.195. The highest BCUT2D eigenvalue weighted by Gasteiger charge is 2.38. The Bertz CT molecular complexity index is 2180. The third kappa shape index (κ3) is 4.38. The van der Waals surface area contributed by atoms with Gasteiger partial charge in [-0.3, -0.25) is 4.90 Å². The maximum Gasteiger partial charge on any atom is 0.137 e. The minimum Gasteiger partial charge on any atom is -0.333 e. The molecule has 0 saturated carbocycles. The average molecular weight is 606 g/mol. The van der Waals surface area contributed by atoms with Gasteiger partial charge < -0.3 is 4.90 Å². The van der Waals surface area contributed by atoms with Gasteiger partial charge in [-0.1, -0.05) is 117 Å². The largest absolute Gasteiger partial charge is 0.333 e. The van der Waals surface area contributed by atoms with Crippen LogP contribution < -0.4 is 9.80 Å². The second-order valence-corrected chi connectivity index (χ2v) is 13.2. The number of pyridine rings is 1. The number of fused-ring (bicyclic) bond motifs is 6. The molecule has 0 fully saturated rings. The van der Waals surface area contributed by atoms with Gasteiger partial charge in [-0.25, -0.2) is 4.98 Å². The third-order valence-corrected chi connectivity index (χ3v) is 10.3. The number of hydrogen-bond acceptors (Lipinski definition) is 3. The molecule has 3 heteroatoms. The van der Waals surface area contributed by atoms with Crippen LogP contribution >= 0.6 is 0 Å². The molecule has 2 atom stereocenters. The molecule has 226 valence electrons. The number of nitrogens with zero attached hydrogens (tertiary/aromatic N) is 3. The predicted molar refractivity (Wildman–Crippen MR) is 195 cm³/mol. The lowest BCUT2D eigenvalue weighted by Gasteiger charge is -2.30. The molecule has 9 rings (SSSR count). The number of hydrogen-bond donors (Lipinski definition) is 0. The lowest BCUT2D eigenvalue weighted by Crippen LogP contribution is -2.28. The number of benzene rings is 5. The summed E-state index contributed by atoms with van der Waals surface area (Å²) >= 11 is 0. The normalized spacial score (nSPS) is 18.2. The first-order valence-electron chi connectivity index (χ1n) is 16.5. The van der Waals surface area contributed by atoms with E-state index in [-0.39, 0.29) is 17.4 Å². The number of anilines is 5. The highest BCUT2D eigenvalue weighted by Crippen LogP contribution is 2.51. The van der Waals surface area contributed by atoms with Crippen LogP contribution in [0.25, 0.3) is 16.7 Å². The van der Waals surface area contributed by atoms with Gasteiger partial charge in [0.15, 0.2) is 0 Å². The fourth-order valence-electron chi connectivity index (χ4n) is 7.97. The molecule has 6 aromatic rings. The van der Waals surface area contributed by atoms with Gasteiger partial charge >= 0.3 is 0 Å². The van der Waals surface area contributed by atoms with Gasteiger partial charge in [0, 0.05) is 40.3 Å². The van der Waals surface area contributed by atoms with Crippen LogP contribution in [0.4, 0.5) is 28.6 Å². The molecule has 0 amide bonds. The standard InChI is InChI=1S/C44H35N3/c1-44(2)39-16-8-6-14-35(39)36-25-24-34(29-40(36)44)46(43-18-10-11-27-45-43)33-22-19-30(20-23-33)31-21-26-42-38(28-31)37-15-7-9-17-41(37)47(42)32-12-4-3-5-13-32/h3-29,38,42H,1-2H3. The van der Waals surface area contributed by atoms with Crippen molar-refractivity contribution >= 4 is 34.1 Å². The molecular weight excluding hydrogens is 571 g/mol. The smallest absolute Gasteiger partial charge is 0.137 e. The number of aromatic nitrogens is 1. The molecule has 0 N–H and O–H groups in total. The van der Waals surface area contributed by atoms with E-state index in [0.717, 1.165) is 17.2 Å². The van der Waals surface area contributed by atoms with Crippen molar-refractivity contribution in [1.29, 1.82) is 0 Å². The van der Waals surface area contributed by atoms with Crippen molar-refractivity contribution < 1.29 is 0 Å². The minimum absolute atomic E-state index is 0.0752. The lowest BCUT2D eigenvalue weighted by molar-refractivity contribution is 0.660. The van der Waals surface area contributed by atoms with Gasteiger partial charge in [-0.05, 0) is 93.6 Å². The monoisotopic (exact) mass is 605 g/mol. The van der Waals surface area contributed by atoms with E-state index < -0.39 is 0 Å². The maximum atomic E-state index is 4.80. The second kappa shape index (κ2) is 10.7. The Balaban J connectivity index is 1.07. The van der Waals surface area contributed by atoms with E-state index in [9.17, 15) is 0 Å². The highest BCUT2D eigenvalue weighted by atomic mass is 15.2. The van der Waals surface area contributed by atoms with Gasteiger partial charge in [0.1, 0.15) is 5.82 Å². The van der Waals surface area contributed by atoms with E-state index >= 15 is 0 Å². The first-order valence-corrected chi connectivity index (χ1v) is 16.5. The van der Waals surface area contributed by atoms with Crippen molar-refractivity contribution in [3.63, 3.8) is 0 Å². The van der Waals surface area contributed by atoms with Crippen molar-refractivity contribution in [3.8, 4) is 11.1 Å². The van der Waals surface area contributed by atoms with E-state index in [1.165, 1.54) is 50.3 Å². The molecular formula is C44H35N3. The Hall–Kier alpha value is -5.67. The van der Waals surface area contributed by atoms with Crippen LogP contribution in [0.1, 0.15) is 42.0 Å². The van der Waals surface area contributed by atoms with E-state index in [2.05, 4.69) is 175 Å². The van der Waals surface area contributed by atoms with Crippen LogP contribution in [-0.2, 0) is 5.41 Å². The molecule has 3 aliphatic rings. The molecule has 1 aromatic heterocycles. The third-order valence-electron chi connectivity index (χ3n) is 10.3. The summed E-state index contributed by atoms with van der Waals surface area (Å²) in [5, 5.41) is 0. The summed E-state index contributed by atoms with van der Waals surface area (Å²) < 4.78 is 0. The number of rotatable bonds is 5. The van der Waals surface area contributed by atoms with Crippen LogP contribution in [-0.4, -0.2) is 11.0 Å². The summed E-state index contributed by atoms with van der Waals surface area (Å²) in [5.74, 6) is 1.19. The van der Waals surface area contributed by atoms with Gasteiger partial charge in [0.2, 0.25) is 0 Å². The second-order valence-electron chi connectivity index (χ2n) is 13.2. The van der Waals surface area contributed by atoms with E-state index in [0.29, 0.717) is 0 Å². The molecule has 0 saturated heterocycles. The van der Waals surface area contributed by atoms with E-state index in [4.69, 9.17) is 4.98 Å². The summed E-state index contributed by atoms with van der Waals surface area (Å²) in [5.41, 5.74) is 13.9. The number of para-hydroxylation sites is 2. The molecule has 2 unspecified atom stereocenters. The summed E-state index contributed by atoms with van der Waals surface area (Å²) in [6.45, 7) is 4.66. The first-order chi connectivity index (χ1) is 23.1. The van der Waals surface area contributed by atoms with Crippen LogP contribution in [0.5, 0.6) is 0 Å². The molecule has 2 heterocycles. The molecule has 0 bridgehead atoms. The lowest BCUT2D eigenvalue weighted by atomic mass is 9.82. The number of allylic oxidation sites excluding steroid dienone is 2. The summed E-state index contributed by atoms with van der Waals surface area (Å²) in [6, 6.07) is 50.6. The van der Waals surface area contributed by atoms with E-state index in [1.807, 2.05) is 12.3 Å². The van der Waals surface area contributed by atoms with Gasteiger partial charge in [-0.2, -0.15) is 0 Å². The topological polar surface area (TPSA) is 19.4 Å². The Morgan fingerprint density at radius 3 is 2.21 bits per heavy atom. The Morgan fingerprint density at radius 2 is 1.38 bits per heavy atom. The Kier molecular flexibility index (Phi) is 6.29. The van der Waals surface area contributed by atoms with Crippen molar-refractivity contribution in [1.82, 2.24) is 4.98 Å². The molecule has 0 radical (unpaired) electrons. The van der Waals surface area contributed by atoms with Gasteiger partial charge in [0.25, 0.3) is 0 Å². The van der Waals surface area contributed by atoms with Crippen LogP contribution in [0.3, 0.4) is 0 Å². The van der Waals surface area contributed by atoms with Crippen molar-refractivity contribution in [2.75, 3.05) is 9.80 Å². The fraction of sp³-hybridized carbons (Fsp3) is 0.114. The van der Waals surface area contributed by atoms with Crippen molar-refractivity contribution in [2.45, 2.75) is 31.2 Å². The SMILES string of the molecule is CC1(C)c2ccccc2-c2ccc(N(c3ccc(C4=CC5c6ccccc6N(c6ccccc6)C5C=C4)cc3)c3ccccn3)cc21. The van der Waals surface area contributed by atoms with Crippen LogP contribution in [0, 0.1) is 0 Å². The summed E-state index contributed by atoms with van der Waals surface area (Å²) in [6.07, 6.45) is 9.01. The fourth-order valence-corrected chi connectivity index (χ4v) is 7.97. The zero-order chi connectivity index (χ0) is 31.5. The van der Waals surface area contributed by atoms with Crippen LogP contribution in [0.2, 0.25) is 0 Å².